The number of hydrogen-bond acceptors (Lipinski definition) is 3. The standard InChI is InChI=1S/C15H12F3N3S/c1-22-9-12-13-4-2-3-7-21(13)14(20-12)10-8-19-6-5-11(10)15(16,17)18/h2-8H,9H2,1H3. The lowest BCUT2D eigenvalue weighted by molar-refractivity contribution is -0.137. The summed E-state index contributed by atoms with van der Waals surface area (Å²) in [4.78, 5) is 8.26. The summed E-state index contributed by atoms with van der Waals surface area (Å²) in [6, 6.07) is 6.45. The normalized spacial score (nSPS) is 12.0. The van der Waals surface area contributed by atoms with Crippen LogP contribution in [-0.4, -0.2) is 20.6 Å². The van der Waals surface area contributed by atoms with Crippen LogP contribution in [0, 0.1) is 0 Å². The first-order chi connectivity index (χ1) is 10.5. The first-order valence-corrected chi connectivity index (χ1v) is 7.88. The molecule has 0 saturated carbocycles. The Hall–Kier alpha value is -2.02. The minimum absolute atomic E-state index is 0.0106. The fourth-order valence-electron chi connectivity index (χ4n) is 2.35. The third kappa shape index (κ3) is 2.56. The maximum absolute atomic E-state index is 13.2. The number of nitrogens with zero attached hydrogens (tertiary/aromatic N) is 3. The van der Waals surface area contributed by atoms with E-state index in [1.54, 1.807) is 28.4 Å². The second-order valence-corrected chi connectivity index (χ2v) is 5.56. The number of halogens is 3. The van der Waals surface area contributed by atoms with Crippen molar-refractivity contribution in [2.24, 2.45) is 0 Å². The Bertz CT molecular complexity index is 811. The average molecular weight is 323 g/mol. The third-order valence-corrected chi connectivity index (χ3v) is 3.84. The van der Waals surface area contributed by atoms with Gasteiger partial charge >= 0.3 is 6.18 Å². The smallest absolute Gasteiger partial charge is 0.299 e. The molecule has 0 amide bonds. The molecule has 0 spiro atoms. The summed E-state index contributed by atoms with van der Waals surface area (Å²) >= 11 is 1.57. The number of pyridine rings is 2. The van der Waals surface area contributed by atoms with Crippen LogP contribution in [0.2, 0.25) is 0 Å². The Morgan fingerprint density at radius 3 is 2.77 bits per heavy atom. The molecule has 0 saturated heterocycles. The van der Waals surface area contributed by atoms with E-state index in [-0.39, 0.29) is 11.4 Å². The van der Waals surface area contributed by atoms with E-state index in [0.29, 0.717) is 5.75 Å². The maximum Gasteiger partial charge on any atom is 0.417 e. The second-order valence-electron chi connectivity index (χ2n) is 4.69. The van der Waals surface area contributed by atoms with Crippen LogP contribution in [0.3, 0.4) is 0 Å². The van der Waals surface area contributed by atoms with Gasteiger partial charge in [-0.2, -0.15) is 24.9 Å². The van der Waals surface area contributed by atoms with Gasteiger partial charge in [0.15, 0.2) is 0 Å². The summed E-state index contributed by atoms with van der Waals surface area (Å²) in [5.41, 5.74) is 0.835. The summed E-state index contributed by atoms with van der Waals surface area (Å²) in [5.74, 6) is 0.898. The van der Waals surface area contributed by atoms with Gasteiger partial charge in [0, 0.05) is 29.9 Å². The summed E-state index contributed by atoms with van der Waals surface area (Å²) in [6.07, 6.45) is 1.56. The fourth-order valence-corrected chi connectivity index (χ4v) is 2.84. The number of thioether (sulfide) groups is 1. The molecule has 0 bridgehead atoms. The predicted octanol–water partition coefficient (Wildman–Crippen LogP) is 4.28. The van der Waals surface area contributed by atoms with Crippen molar-refractivity contribution in [2.45, 2.75) is 11.9 Å². The first kappa shape index (κ1) is 14.9. The molecule has 3 heterocycles. The van der Waals surface area contributed by atoms with Crippen LogP contribution in [0.1, 0.15) is 11.3 Å². The van der Waals surface area contributed by atoms with Crippen molar-refractivity contribution in [1.82, 2.24) is 14.4 Å². The molecule has 0 unspecified atom stereocenters. The van der Waals surface area contributed by atoms with E-state index in [2.05, 4.69) is 9.97 Å². The van der Waals surface area contributed by atoms with Crippen molar-refractivity contribution in [2.75, 3.05) is 6.26 Å². The van der Waals surface area contributed by atoms with Gasteiger partial charge in [0.05, 0.1) is 16.8 Å². The van der Waals surface area contributed by atoms with Gasteiger partial charge in [-0.1, -0.05) is 6.07 Å². The van der Waals surface area contributed by atoms with Crippen LogP contribution >= 0.6 is 11.8 Å². The number of fused-ring (bicyclic) bond motifs is 1. The molecule has 0 N–H and O–H groups in total. The van der Waals surface area contributed by atoms with Crippen molar-refractivity contribution >= 4 is 17.3 Å². The van der Waals surface area contributed by atoms with Crippen LogP contribution in [0.4, 0.5) is 13.2 Å². The van der Waals surface area contributed by atoms with Gasteiger partial charge in [-0.3, -0.25) is 9.38 Å². The Balaban J connectivity index is 2.28. The molecule has 22 heavy (non-hydrogen) atoms. The molecule has 0 aromatic carbocycles. The van der Waals surface area contributed by atoms with E-state index in [9.17, 15) is 13.2 Å². The van der Waals surface area contributed by atoms with Gasteiger partial charge in [0.2, 0.25) is 0 Å². The Morgan fingerprint density at radius 1 is 1.23 bits per heavy atom. The van der Waals surface area contributed by atoms with Gasteiger partial charge in [0.25, 0.3) is 0 Å². The zero-order valence-corrected chi connectivity index (χ0v) is 12.4. The molecule has 7 heteroatoms. The van der Waals surface area contributed by atoms with Gasteiger partial charge in [0.1, 0.15) is 5.82 Å². The Morgan fingerprint density at radius 2 is 2.05 bits per heavy atom. The zero-order chi connectivity index (χ0) is 15.7. The highest BCUT2D eigenvalue weighted by molar-refractivity contribution is 7.97. The molecule has 0 radical (unpaired) electrons. The number of imidazole rings is 1. The highest BCUT2D eigenvalue weighted by atomic mass is 32.2. The van der Waals surface area contributed by atoms with Crippen molar-refractivity contribution in [1.29, 1.82) is 0 Å². The molecule has 0 atom stereocenters. The van der Waals surface area contributed by atoms with Crippen molar-refractivity contribution in [3.63, 3.8) is 0 Å². The van der Waals surface area contributed by atoms with Crippen LogP contribution in [0.5, 0.6) is 0 Å². The van der Waals surface area contributed by atoms with E-state index in [1.807, 2.05) is 18.4 Å². The largest absolute Gasteiger partial charge is 0.417 e. The van der Waals surface area contributed by atoms with Crippen LogP contribution < -0.4 is 0 Å². The summed E-state index contributed by atoms with van der Waals surface area (Å²) in [7, 11) is 0. The summed E-state index contributed by atoms with van der Waals surface area (Å²) in [6.45, 7) is 0. The van der Waals surface area contributed by atoms with Gasteiger partial charge in [-0.15, -0.1) is 0 Å². The van der Waals surface area contributed by atoms with Crippen molar-refractivity contribution < 1.29 is 13.2 Å². The lowest BCUT2D eigenvalue weighted by Gasteiger charge is -2.11. The quantitative estimate of drug-likeness (QED) is 0.721. The molecule has 3 nitrogen and oxygen atoms in total. The van der Waals surface area contributed by atoms with Crippen molar-refractivity contribution in [3.8, 4) is 11.4 Å². The Labute approximate surface area is 129 Å². The van der Waals surface area contributed by atoms with Gasteiger partial charge in [-0.25, -0.2) is 4.98 Å². The molecule has 3 aromatic heterocycles. The molecule has 0 aliphatic heterocycles. The predicted molar refractivity (Wildman–Crippen MR) is 80.6 cm³/mol. The monoisotopic (exact) mass is 323 g/mol. The minimum atomic E-state index is -4.45. The lowest BCUT2D eigenvalue weighted by atomic mass is 10.1. The van der Waals surface area contributed by atoms with E-state index in [0.717, 1.165) is 23.5 Å². The van der Waals surface area contributed by atoms with E-state index < -0.39 is 11.7 Å². The van der Waals surface area contributed by atoms with Gasteiger partial charge in [-0.05, 0) is 24.5 Å². The summed E-state index contributed by atoms with van der Waals surface area (Å²) < 4.78 is 41.3. The zero-order valence-electron chi connectivity index (χ0n) is 11.6. The number of hydrogen-bond donors (Lipinski definition) is 0. The summed E-state index contributed by atoms with van der Waals surface area (Å²) in [5, 5.41) is 0. The molecule has 0 aliphatic rings. The highest BCUT2D eigenvalue weighted by Gasteiger charge is 2.34. The molecule has 3 aromatic rings. The fraction of sp³-hybridized carbons (Fsp3) is 0.200. The third-order valence-electron chi connectivity index (χ3n) is 3.27. The number of rotatable bonds is 3. The molecule has 0 fully saturated rings. The van der Waals surface area contributed by atoms with E-state index in [1.165, 1.54) is 6.20 Å². The van der Waals surface area contributed by atoms with Crippen LogP contribution in [0.25, 0.3) is 16.9 Å². The minimum Gasteiger partial charge on any atom is -0.299 e. The van der Waals surface area contributed by atoms with Crippen LogP contribution in [0.15, 0.2) is 42.9 Å². The van der Waals surface area contributed by atoms with Crippen LogP contribution in [-0.2, 0) is 11.9 Å². The lowest BCUT2D eigenvalue weighted by Crippen LogP contribution is -2.08. The van der Waals surface area contributed by atoms with E-state index in [4.69, 9.17) is 0 Å². The molecule has 114 valence electrons. The highest BCUT2D eigenvalue weighted by Crippen LogP contribution is 2.36. The second kappa shape index (κ2) is 5.64. The van der Waals surface area contributed by atoms with Crippen molar-refractivity contribution in [3.05, 3.63) is 54.1 Å². The average Bonchev–Trinajstić information content (AvgIpc) is 2.86. The van der Waals surface area contributed by atoms with E-state index >= 15 is 0 Å². The Kier molecular flexibility index (Phi) is 3.82. The molecular formula is C15H12F3N3S. The number of alkyl halides is 3. The molecule has 3 rings (SSSR count). The first-order valence-electron chi connectivity index (χ1n) is 6.49. The number of aromatic nitrogens is 3. The molecular weight excluding hydrogens is 311 g/mol. The van der Waals surface area contributed by atoms with Gasteiger partial charge < -0.3 is 0 Å². The maximum atomic E-state index is 13.2. The topological polar surface area (TPSA) is 30.2 Å². The SMILES string of the molecule is CSCc1nc(-c2cnccc2C(F)(F)F)n2ccccc12. The molecule has 0 aliphatic carbocycles.